The Morgan fingerprint density at radius 2 is 1.89 bits per heavy atom. The molecule has 0 saturated carbocycles. The summed E-state index contributed by atoms with van der Waals surface area (Å²) in [6.45, 7) is 3.25. The SMILES string of the molecule is CCc1cc(OCC(=O)N(C)C)c(F)c(C(=Nc2ccc(-c3noc(C)n3)cc2)C(=NC(=O)OC)SC)c1. The zero-order valence-corrected chi connectivity index (χ0v) is 22.8. The molecule has 200 valence electrons. The zero-order chi connectivity index (χ0) is 27.8. The molecule has 0 bridgehead atoms. The van der Waals surface area contributed by atoms with Gasteiger partial charge in [-0.05, 0) is 54.6 Å². The van der Waals surface area contributed by atoms with Crippen LogP contribution in [0.15, 0.2) is 50.9 Å². The molecule has 0 aliphatic rings. The minimum Gasteiger partial charge on any atom is -0.481 e. The van der Waals surface area contributed by atoms with Crippen molar-refractivity contribution in [3.05, 3.63) is 59.2 Å². The lowest BCUT2D eigenvalue weighted by molar-refractivity contribution is -0.130. The Morgan fingerprint density at radius 1 is 1.18 bits per heavy atom. The summed E-state index contributed by atoms with van der Waals surface area (Å²) in [4.78, 5) is 38.2. The number of methoxy groups -OCH3 is 1. The molecule has 38 heavy (non-hydrogen) atoms. The van der Waals surface area contributed by atoms with Crippen LogP contribution in [0.2, 0.25) is 0 Å². The van der Waals surface area contributed by atoms with E-state index in [1.807, 2.05) is 6.92 Å². The van der Waals surface area contributed by atoms with Crippen LogP contribution in [0.3, 0.4) is 0 Å². The molecular weight excluding hydrogens is 513 g/mol. The highest BCUT2D eigenvalue weighted by Gasteiger charge is 2.22. The lowest BCUT2D eigenvalue weighted by Gasteiger charge is -2.16. The van der Waals surface area contributed by atoms with Crippen molar-refractivity contribution in [1.82, 2.24) is 15.0 Å². The molecule has 0 saturated heterocycles. The highest BCUT2D eigenvalue weighted by Crippen LogP contribution is 2.28. The van der Waals surface area contributed by atoms with Crippen molar-refractivity contribution in [2.75, 3.05) is 34.1 Å². The number of hydrogen-bond acceptors (Lipinski definition) is 9. The van der Waals surface area contributed by atoms with Gasteiger partial charge in [-0.2, -0.15) is 9.98 Å². The molecule has 0 fully saturated rings. The Morgan fingerprint density at radius 3 is 2.45 bits per heavy atom. The first-order valence-corrected chi connectivity index (χ1v) is 12.7. The maximum Gasteiger partial charge on any atom is 0.434 e. The van der Waals surface area contributed by atoms with Crippen molar-refractivity contribution in [2.45, 2.75) is 20.3 Å². The van der Waals surface area contributed by atoms with Crippen molar-refractivity contribution in [1.29, 1.82) is 0 Å². The second-order valence-corrected chi connectivity index (χ2v) is 8.92. The van der Waals surface area contributed by atoms with E-state index in [2.05, 4.69) is 20.1 Å². The number of likely N-dealkylation sites (N-methyl/N-ethyl adjacent to an activating group) is 1. The highest BCUT2D eigenvalue weighted by atomic mass is 32.2. The van der Waals surface area contributed by atoms with Crippen LogP contribution >= 0.6 is 11.8 Å². The maximum absolute atomic E-state index is 15.9. The predicted molar refractivity (Wildman–Crippen MR) is 144 cm³/mol. The Balaban J connectivity index is 2.14. The van der Waals surface area contributed by atoms with Crippen LogP contribution in [0.25, 0.3) is 11.4 Å². The van der Waals surface area contributed by atoms with Gasteiger partial charge in [-0.1, -0.05) is 12.1 Å². The average Bonchev–Trinajstić information content (AvgIpc) is 3.36. The Kier molecular flexibility index (Phi) is 9.72. The number of nitrogens with zero attached hydrogens (tertiary/aromatic N) is 5. The molecule has 1 heterocycles. The minimum atomic E-state index is -0.856. The number of halogens is 1. The topological polar surface area (TPSA) is 119 Å². The third kappa shape index (κ3) is 7.03. The van der Waals surface area contributed by atoms with Gasteiger partial charge in [0.25, 0.3) is 5.91 Å². The molecule has 1 aromatic heterocycles. The van der Waals surface area contributed by atoms with Gasteiger partial charge < -0.3 is 18.9 Å². The summed E-state index contributed by atoms with van der Waals surface area (Å²) in [5.41, 5.74) is 2.06. The van der Waals surface area contributed by atoms with Gasteiger partial charge in [-0.25, -0.2) is 14.2 Å². The van der Waals surface area contributed by atoms with E-state index in [1.54, 1.807) is 57.6 Å². The number of ether oxygens (including phenoxy) is 2. The number of thioether (sulfide) groups is 1. The van der Waals surface area contributed by atoms with Gasteiger partial charge in [0.15, 0.2) is 18.2 Å². The van der Waals surface area contributed by atoms with Crippen LogP contribution in [-0.2, 0) is 16.0 Å². The number of carbonyl (C=O) groups is 2. The summed E-state index contributed by atoms with van der Waals surface area (Å²) >= 11 is 1.11. The van der Waals surface area contributed by atoms with E-state index in [0.717, 1.165) is 17.3 Å². The molecule has 0 atom stereocenters. The maximum atomic E-state index is 15.9. The fourth-order valence-corrected chi connectivity index (χ4v) is 3.70. The standard InChI is InChI=1S/C26H28FN5O5S/c1-7-16-12-19(22(27)20(13-16)36-14-21(33)32(3)4)23(25(38-6)30-26(34)35-5)29-18-10-8-17(9-11-18)24-28-15(2)37-31-24/h8-13H,7,14H2,1-6H3. The van der Waals surface area contributed by atoms with E-state index >= 15 is 4.39 Å². The van der Waals surface area contributed by atoms with Crippen LogP contribution in [0, 0.1) is 12.7 Å². The van der Waals surface area contributed by atoms with Gasteiger partial charge in [0.05, 0.1) is 12.8 Å². The number of rotatable bonds is 8. The van der Waals surface area contributed by atoms with Crippen molar-refractivity contribution in [3.63, 3.8) is 0 Å². The second kappa shape index (κ2) is 13.0. The molecule has 0 unspecified atom stereocenters. The summed E-state index contributed by atoms with van der Waals surface area (Å²) in [5, 5.41) is 4.04. The summed E-state index contributed by atoms with van der Waals surface area (Å²) in [6, 6.07) is 10.1. The Labute approximate surface area is 223 Å². The Hall–Kier alpha value is -4.06. The average molecular weight is 542 g/mol. The molecule has 10 nitrogen and oxygen atoms in total. The number of amides is 2. The number of hydrogen-bond donors (Lipinski definition) is 0. The molecule has 2 amide bonds. The monoisotopic (exact) mass is 541 g/mol. The molecule has 0 spiro atoms. The van der Waals surface area contributed by atoms with Gasteiger partial charge in [0.1, 0.15) is 10.8 Å². The van der Waals surface area contributed by atoms with E-state index in [0.29, 0.717) is 29.4 Å². The van der Waals surface area contributed by atoms with Crippen LogP contribution in [-0.4, -0.2) is 71.9 Å². The van der Waals surface area contributed by atoms with Crippen molar-refractivity contribution >= 4 is 40.2 Å². The summed E-state index contributed by atoms with van der Waals surface area (Å²) in [5.74, 6) is -0.312. The van der Waals surface area contributed by atoms with Crippen LogP contribution < -0.4 is 4.74 Å². The Bertz CT molecular complexity index is 1370. The van der Waals surface area contributed by atoms with Crippen molar-refractivity contribution in [3.8, 4) is 17.1 Å². The molecular formula is C26H28FN5O5S. The van der Waals surface area contributed by atoms with Gasteiger partial charge in [0.2, 0.25) is 11.7 Å². The zero-order valence-electron chi connectivity index (χ0n) is 21.9. The largest absolute Gasteiger partial charge is 0.481 e. The first-order chi connectivity index (χ1) is 18.2. The smallest absolute Gasteiger partial charge is 0.434 e. The number of aromatic nitrogens is 2. The highest BCUT2D eigenvalue weighted by molar-refractivity contribution is 8.15. The number of aryl methyl sites for hydroxylation is 2. The van der Waals surface area contributed by atoms with Gasteiger partial charge in [0, 0.05) is 32.1 Å². The molecule has 12 heteroatoms. The molecule has 2 aromatic carbocycles. The predicted octanol–water partition coefficient (Wildman–Crippen LogP) is 4.86. The van der Waals surface area contributed by atoms with Crippen molar-refractivity contribution < 1.29 is 28.0 Å². The number of aliphatic imine (C=N–C) groups is 2. The fraction of sp³-hybridized carbons (Fsp3) is 0.308. The second-order valence-electron chi connectivity index (χ2n) is 8.12. The van der Waals surface area contributed by atoms with Gasteiger partial charge in [-0.15, -0.1) is 11.8 Å². The van der Waals surface area contributed by atoms with Gasteiger partial charge in [-0.3, -0.25) is 4.79 Å². The molecule has 3 rings (SSSR count). The van der Waals surface area contributed by atoms with E-state index < -0.39 is 11.9 Å². The summed E-state index contributed by atoms with van der Waals surface area (Å²) in [7, 11) is 4.37. The van der Waals surface area contributed by atoms with E-state index in [1.165, 1.54) is 18.1 Å². The lowest BCUT2D eigenvalue weighted by atomic mass is 10.0. The first kappa shape index (κ1) is 28.5. The van der Waals surface area contributed by atoms with Crippen LogP contribution in [0.4, 0.5) is 14.9 Å². The third-order valence-electron chi connectivity index (χ3n) is 5.27. The minimum absolute atomic E-state index is 0.0616. The van der Waals surface area contributed by atoms with Crippen LogP contribution in [0.5, 0.6) is 5.75 Å². The van der Waals surface area contributed by atoms with E-state index in [9.17, 15) is 9.59 Å². The lowest BCUT2D eigenvalue weighted by Crippen LogP contribution is -2.28. The molecule has 0 aliphatic carbocycles. The quantitative estimate of drug-likeness (QED) is 0.293. The third-order valence-corrected chi connectivity index (χ3v) is 5.94. The normalized spacial score (nSPS) is 11.9. The van der Waals surface area contributed by atoms with Crippen LogP contribution in [0.1, 0.15) is 23.9 Å². The number of carbonyl (C=O) groups excluding carboxylic acids is 2. The molecule has 0 N–H and O–H groups in total. The van der Waals surface area contributed by atoms with Gasteiger partial charge >= 0.3 is 6.09 Å². The molecule has 3 aromatic rings. The number of benzene rings is 2. The van der Waals surface area contributed by atoms with Crippen molar-refractivity contribution in [2.24, 2.45) is 9.98 Å². The molecule has 0 aliphatic heterocycles. The van der Waals surface area contributed by atoms with E-state index in [4.69, 9.17) is 14.0 Å². The first-order valence-electron chi connectivity index (χ1n) is 11.5. The summed E-state index contributed by atoms with van der Waals surface area (Å²) < 4.78 is 31.1. The van der Waals surface area contributed by atoms with E-state index in [-0.39, 0.29) is 34.6 Å². The molecule has 0 radical (unpaired) electrons. The summed E-state index contributed by atoms with van der Waals surface area (Å²) in [6.07, 6.45) is 1.39. The fourth-order valence-electron chi connectivity index (χ4n) is 3.18.